The van der Waals surface area contributed by atoms with E-state index in [4.69, 9.17) is 4.74 Å². The SMILES string of the molecule is CCCCCCCCCCC1C(=O)N(C)CCC1COC. The molecule has 0 aromatic carbocycles. The quantitative estimate of drug-likeness (QED) is 0.533. The van der Waals surface area contributed by atoms with Gasteiger partial charge in [-0.1, -0.05) is 58.3 Å². The van der Waals surface area contributed by atoms with Crippen LogP contribution in [0.15, 0.2) is 0 Å². The normalized spacial score (nSPS) is 22.8. The molecule has 3 nitrogen and oxygen atoms in total. The maximum absolute atomic E-state index is 12.3. The van der Waals surface area contributed by atoms with Gasteiger partial charge in [-0.25, -0.2) is 0 Å². The van der Waals surface area contributed by atoms with E-state index in [1.807, 2.05) is 11.9 Å². The molecule has 0 aliphatic carbocycles. The fraction of sp³-hybridized carbons (Fsp3) is 0.944. The Morgan fingerprint density at radius 2 is 1.71 bits per heavy atom. The first-order valence-corrected chi connectivity index (χ1v) is 8.94. The predicted octanol–water partition coefficient (Wildman–Crippen LogP) is 4.26. The number of unbranched alkanes of at least 4 members (excludes halogenated alkanes) is 7. The average molecular weight is 297 g/mol. The second kappa shape index (κ2) is 11.1. The summed E-state index contributed by atoms with van der Waals surface area (Å²) in [5, 5.41) is 0. The zero-order valence-electron chi connectivity index (χ0n) is 14.4. The molecule has 21 heavy (non-hydrogen) atoms. The Hall–Kier alpha value is -0.570. The fourth-order valence-corrected chi connectivity index (χ4v) is 3.43. The maximum Gasteiger partial charge on any atom is 0.225 e. The molecule has 0 aromatic heterocycles. The van der Waals surface area contributed by atoms with Crippen molar-refractivity contribution in [2.45, 2.75) is 71.1 Å². The van der Waals surface area contributed by atoms with Gasteiger partial charge in [0.15, 0.2) is 0 Å². The summed E-state index contributed by atoms with van der Waals surface area (Å²) in [4.78, 5) is 14.2. The Bertz CT molecular complexity index is 280. The van der Waals surface area contributed by atoms with Crippen molar-refractivity contribution < 1.29 is 9.53 Å². The van der Waals surface area contributed by atoms with Gasteiger partial charge >= 0.3 is 0 Å². The van der Waals surface area contributed by atoms with Crippen LogP contribution in [0, 0.1) is 11.8 Å². The molecule has 2 unspecified atom stereocenters. The molecule has 124 valence electrons. The fourth-order valence-electron chi connectivity index (χ4n) is 3.43. The molecule has 0 aromatic rings. The first-order chi connectivity index (χ1) is 10.2. The second-order valence-corrected chi connectivity index (χ2v) is 6.63. The highest BCUT2D eigenvalue weighted by molar-refractivity contribution is 5.79. The maximum atomic E-state index is 12.3. The molecule has 1 amide bonds. The van der Waals surface area contributed by atoms with E-state index >= 15 is 0 Å². The number of ether oxygens (including phenoxy) is 1. The summed E-state index contributed by atoms with van der Waals surface area (Å²) in [6, 6.07) is 0. The van der Waals surface area contributed by atoms with Crippen LogP contribution in [0.1, 0.15) is 71.1 Å². The summed E-state index contributed by atoms with van der Waals surface area (Å²) >= 11 is 0. The Morgan fingerprint density at radius 3 is 2.33 bits per heavy atom. The number of carbonyl (C=O) groups excluding carboxylic acids is 1. The van der Waals surface area contributed by atoms with E-state index < -0.39 is 0 Å². The van der Waals surface area contributed by atoms with Crippen molar-refractivity contribution in [3.63, 3.8) is 0 Å². The summed E-state index contributed by atoms with van der Waals surface area (Å²) in [6.45, 7) is 3.89. The van der Waals surface area contributed by atoms with Gasteiger partial charge in [0.25, 0.3) is 0 Å². The highest BCUT2D eigenvalue weighted by atomic mass is 16.5. The lowest BCUT2D eigenvalue weighted by atomic mass is 9.82. The number of likely N-dealkylation sites (tertiary alicyclic amines) is 1. The minimum absolute atomic E-state index is 0.198. The van der Waals surface area contributed by atoms with Crippen LogP contribution in [0.3, 0.4) is 0 Å². The van der Waals surface area contributed by atoms with Crippen LogP contribution in [0.25, 0.3) is 0 Å². The van der Waals surface area contributed by atoms with Crippen molar-refractivity contribution in [2.75, 3.05) is 27.3 Å². The summed E-state index contributed by atoms with van der Waals surface area (Å²) in [5.74, 6) is 0.971. The van der Waals surface area contributed by atoms with Crippen LogP contribution in [0.5, 0.6) is 0 Å². The first-order valence-electron chi connectivity index (χ1n) is 8.94. The molecule has 0 radical (unpaired) electrons. The van der Waals surface area contributed by atoms with Crippen molar-refractivity contribution in [3.8, 4) is 0 Å². The number of hydrogen-bond acceptors (Lipinski definition) is 2. The van der Waals surface area contributed by atoms with Crippen LogP contribution in [-0.4, -0.2) is 38.1 Å². The number of piperidine rings is 1. The van der Waals surface area contributed by atoms with E-state index in [0.717, 1.165) is 26.0 Å². The summed E-state index contributed by atoms with van der Waals surface area (Å²) in [6.07, 6.45) is 12.8. The lowest BCUT2D eigenvalue weighted by Gasteiger charge is -2.35. The largest absolute Gasteiger partial charge is 0.384 e. The average Bonchev–Trinajstić information content (AvgIpc) is 2.48. The molecule has 2 atom stereocenters. The zero-order chi connectivity index (χ0) is 15.5. The van der Waals surface area contributed by atoms with Crippen LogP contribution >= 0.6 is 0 Å². The molecule has 1 fully saturated rings. The Kier molecular flexibility index (Phi) is 9.73. The van der Waals surface area contributed by atoms with Crippen molar-refractivity contribution in [2.24, 2.45) is 11.8 Å². The number of rotatable bonds is 11. The van der Waals surface area contributed by atoms with Gasteiger partial charge in [0.05, 0.1) is 0 Å². The van der Waals surface area contributed by atoms with Crippen molar-refractivity contribution in [3.05, 3.63) is 0 Å². The molecular weight excluding hydrogens is 262 g/mol. The van der Waals surface area contributed by atoms with Crippen LogP contribution in [0.4, 0.5) is 0 Å². The van der Waals surface area contributed by atoms with Gasteiger partial charge in [0.2, 0.25) is 5.91 Å². The van der Waals surface area contributed by atoms with Gasteiger partial charge in [-0.05, 0) is 18.8 Å². The summed E-state index contributed by atoms with van der Waals surface area (Å²) < 4.78 is 5.31. The van der Waals surface area contributed by atoms with Gasteiger partial charge in [0.1, 0.15) is 0 Å². The third kappa shape index (κ3) is 6.82. The van der Waals surface area contributed by atoms with Gasteiger partial charge < -0.3 is 9.64 Å². The van der Waals surface area contributed by atoms with Gasteiger partial charge in [-0.15, -0.1) is 0 Å². The highest BCUT2D eigenvalue weighted by Crippen LogP contribution is 2.29. The zero-order valence-corrected chi connectivity index (χ0v) is 14.4. The van der Waals surface area contributed by atoms with Crippen LogP contribution in [0.2, 0.25) is 0 Å². The number of hydrogen-bond donors (Lipinski definition) is 0. The number of carbonyl (C=O) groups is 1. The summed E-state index contributed by atoms with van der Waals surface area (Å²) in [7, 11) is 3.68. The minimum atomic E-state index is 0.198. The van der Waals surface area contributed by atoms with E-state index in [2.05, 4.69) is 6.92 Å². The molecular formula is C18H35NO2. The lowest BCUT2D eigenvalue weighted by molar-refractivity contribution is -0.141. The molecule has 1 aliphatic heterocycles. The van der Waals surface area contributed by atoms with E-state index in [1.165, 1.54) is 51.4 Å². The third-order valence-electron chi connectivity index (χ3n) is 4.85. The summed E-state index contributed by atoms with van der Waals surface area (Å²) in [5.41, 5.74) is 0. The Morgan fingerprint density at radius 1 is 1.10 bits per heavy atom. The smallest absolute Gasteiger partial charge is 0.225 e. The standard InChI is InChI=1S/C18H35NO2/c1-4-5-6-7-8-9-10-11-12-17-16(15-21-3)13-14-19(2)18(17)20/h16-17H,4-15H2,1-3H3. The lowest BCUT2D eigenvalue weighted by Crippen LogP contribution is -2.44. The van der Waals surface area contributed by atoms with Crippen molar-refractivity contribution in [1.82, 2.24) is 4.90 Å². The molecule has 1 heterocycles. The minimum Gasteiger partial charge on any atom is -0.384 e. The van der Waals surface area contributed by atoms with E-state index in [1.54, 1.807) is 7.11 Å². The molecule has 0 bridgehead atoms. The van der Waals surface area contributed by atoms with E-state index in [-0.39, 0.29) is 5.92 Å². The Balaban J connectivity index is 2.19. The molecule has 1 aliphatic rings. The number of amides is 1. The van der Waals surface area contributed by atoms with Gasteiger partial charge in [-0.2, -0.15) is 0 Å². The van der Waals surface area contributed by atoms with Crippen molar-refractivity contribution in [1.29, 1.82) is 0 Å². The molecule has 1 rings (SSSR count). The monoisotopic (exact) mass is 297 g/mol. The predicted molar refractivity (Wildman–Crippen MR) is 88.3 cm³/mol. The van der Waals surface area contributed by atoms with Crippen molar-refractivity contribution >= 4 is 5.91 Å². The molecule has 0 saturated carbocycles. The molecule has 0 spiro atoms. The van der Waals surface area contributed by atoms with Crippen LogP contribution in [-0.2, 0) is 9.53 Å². The molecule has 0 N–H and O–H groups in total. The van der Waals surface area contributed by atoms with Gasteiger partial charge in [0, 0.05) is 33.2 Å². The number of methoxy groups -OCH3 is 1. The highest BCUT2D eigenvalue weighted by Gasteiger charge is 2.34. The van der Waals surface area contributed by atoms with Crippen LogP contribution < -0.4 is 0 Å². The number of nitrogens with zero attached hydrogens (tertiary/aromatic N) is 1. The second-order valence-electron chi connectivity index (χ2n) is 6.63. The Labute approximate surface area is 131 Å². The topological polar surface area (TPSA) is 29.5 Å². The molecule has 3 heteroatoms. The first kappa shape index (κ1) is 18.5. The van der Waals surface area contributed by atoms with E-state index in [9.17, 15) is 4.79 Å². The van der Waals surface area contributed by atoms with E-state index in [0.29, 0.717) is 11.8 Å². The molecule has 1 saturated heterocycles. The third-order valence-corrected chi connectivity index (χ3v) is 4.85. The van der Waals surface area contributed by atoms with Gasteiger partial charge in [-0.3, -0.25) is 4.79 Å².